The predicted octanol–water partition coefficient (Wildman–Crippen LogP) is 2.02. The highest BCUT2D eigenvalue weighted by Gasteiger charge is 2.33. The highest BCUT2D eigenvalue weighted by Crippen LogP contribution is 2.22. The topological polar surface area (TPSA) is 66.3 Å². The molecule has 1 N–H and O–H groups in total. The Kier molecular flexibility index (Phi) is 6.93. The molecule has 1 amide bonds. The normalized spacial score (nSPS) is 20.2. The molecule has 2 aliphatic heterocycles. The highest BCUT2D eigenvalue weighted by atomic mass is 35.5. The zero-order valence-electron chi connectivity index (χ0n) is 16.0. The van der Waals surface area contributed by atoms with Crippen LogP contribution in [0.4, 0.5) is 0 Å². The molecule has 1 aromatic heterocycles. The van der Waals surface area contributed by atoms with E-state index in [1.54, 1.807) is 4.68 Å². The minimum Gasteiger partial charge on any atom is -0.336 e. The molecule has 2 aromatic rings. The summed E-state index contributed by atoms with van der Waals surface area (Å²) in [6.07, 6.45) is 1.70. The summed E-state index contributed by atoms with van der Waals surface area (Å²) in [5.74, 6) is -0.0160. The van der Waals surface area contributed by atoms with E-state index in [2.05, 4.69) is 20.5 Å². The fourth-order valence-corrected chi connectivity index (χ4v) is 4.21. The van der Waals surface area contributed by atoms with Gasteiger partial charge in [0.1, 0.15) is 0 Å². The number of carbonyl (C=O) groups is 1. The van der Waals surface area contributed by atoms with Gasteiger partial charge in [0.25, 0.3) is 5.91 Å². The maximum atomic E-state index is 13.1. The zero-order chi connectivity index (χ0) is 18.8. The van der Waals surface area contributed by atoms with Gasteiger partial charge in [-0.2, -0.15) is 0 Å². The first kappa shape index (κ1) is 21.0. The molecule has 3 heterocycles. The van der Waals surface area contributed by atoms with Crippen LogP contribution in [-0.2, 0) is 6.42 Å². The average molecular weight is 425 g/mol. The average Bonchev–Trinajstić information content (AvgIpc) is 3.35. The fraction of sp³-hybridized carbons (Fsp3) is 0.526. The Morgan fingerprint density at radius 2 is 2.07 bits per heavy atom. The molecule has 2 saturated heterocycles. The van der Waals surface area contributed by atoms with Crippen LogP contribution in [0.3, 0.4) is 0 Å². The summed E-state index contributed by atoms with van der Waals surface area (Å²) in [7, 11) is 0. The predicted molar refractivity (Wildman–Crippen MR) is 112 cm³/mol. The smallest absolute Gasteiger partial charge is 0.276 e. The van der Waals surface area contributed by atoms with E-state index in [0.29, 0.717) is 23.2 Å². The van der Waals surface area contributed by atoms with Gasteiger partial charge >= 0.3 is 0 Å². The maximum Gasteiger partial charge on any atom is 0.276 e. The molecular formula is C19H26Cl2N6O. The van der Waals surface area contributed by atoms with E-state index in [4.69, 9.17) is 11.6 Å². The van der Waals surface area contributed by atoms with E-state index in [9.17, 15) is 4.79 Å². The van der Waals surface area contributed by atoms with Crippen LogP contribution in [0.25, 0.3) is 5.69 Å². The molecule has 4 rings (SSSR count). The molecule has 152 valence electrons. The van der Waals surface area contributed by atoms with Crippen LogP contribution >= 0.6 is 24.0 Å². The third kappa shape index (κ3) is 4.17. The summed E-state index contributed by atoms with van der Waals surface area (Å²) in [6.45, 7) is 7.73. The molecule has 0 aliphatic carbocycles. The van der Waals surface area contributed by atoms with Gasteiger partial charge in [0.2, 0.25) is 0 Å². The standard InChI is InChI=1S/C19H25ClN6O.ClH/c1-2-17-18(22-23-26(17)15-5-3-4-14(20)12-15)19(27)25-9-6-16(13-25)24-10-7-21-8-11-24;/h3-5,12,16,21H,2,6-11,13H2,1H3;1H. The second kappa shape index (κ2) is 9.22. The number of nitrogens with one attached hydrogen (secondary N) is 1. The number of rotatable bonds is 4. The lowest BCUT2D eigenvalue weighted by atomic mass is 10.2. The van der Waals surface area contributed by atoms with Crippen molar-refractivity contribution in [2.45, 2.75) is 25.8 Å². The minimum atomic E-state index is -0.0160. The summed E-state index contributed by atoms with van der Waals surface area (Å²) >= 11 is 6.11. The Bertz CT molecular complexity index is 821. The Morgan fingerprint density at radius 1 is 1.29 bits per heavy atom. The van der Waals surface area contributed by atoms with Crippen LogP contribution in [0.1, 0.15) is 29.5 Å². The summed E-state index contributed by atoms with van der Waals surface area (Å²) in [5.41, 5.74) is 2.11. The molecular weight excluding hydrogens is 399 g/mol. The number of benzene rings is 1. The lowest BCUT2D eigenvalue weighted by Crippen LogP contribution is -2.49. The Morgan fingerprint density at radius 3 is 2.79 bits per heavy atom. The summed E-state index contributed by atoms with van der Waals surface area (Å²) < 4.78 is 1.73. The van der Waals surface area contributed by atoms with Crippen LogP contribution in [0.15, 0.2) is 24.3 Å². The first-order chi connectivity index (χ1) is 13.2. The number of hydrogen-bond donors (Lipinski definition) is 1. The minimum absolute atomic E-state index is 0. The van der Waals surface area contributed by atoms with Gasteiger partial charge in [-0.25, -0.2) is 4.68 Å². The molecule has 2 aliphatic rings. The third-order valence-electron chi connectivity index (χ3n) is 5.47. The molecule has 0 spiro atoms. The number of aromatic nitrogens is 3. The van der Waals surface area contributed by atoms with Crippen molar-refractivity contribution in [1.82, 2.24) is 30.1 Å². The third-order valence-corrected chi connectivity index (χ3v) is 5.71. The molecule has 28 heavy (non-hydrogen) atoms. The van der Waals surface area contributed by atoms with Crippen molar-refractivity contribution >= 4 is 29.9 Å². The van der Waals surface area contributed by atoms with Crippen molar-refractivity contribution in [3.05, 3.63) is 40.7 Å². The summed E-state index contributed by atoms with van der Waals surface area (Å²) in [6, 6.07) is 7.90. The van der Waals surface area contributed by atoms with Gasteiger partial charge in [-0.1, -0.05) is 29.8 Å². The first-order valence-corrected chi connectivity index (χ1v) is 9.99. The van der Waals surface area contributed by atoms with E-state index in [-0.39, 0.29) is 18.3 Å². The van der Waals surface area contributed by atoms with Gasteiger partial charge in [-0.05, 0) is 31.0 Å². The molecule has 9 heteroatoms. The zero-order valence-corrected chi connectivity index (χ0v) is 17.5. The van der Waals surface area contributed by atoms with Crippen molar-refractivity contribution in [3.63, 3.8) is 0 Å². The molecule has 1 aromatic carbocycles. The maximum absolute atomic E-state index is 13.1. The van der Waals surface area contributed by atoms with Crippen molar-refractivity contribution in [1.29, 1.82) is 0 Å². The highest BCUT2D eigenvalue weighted by molar-refractivity contribution is 6.30. The number of carbonyl (C=O) groups excluding carboxylic acids is 1. The van der Waals surface area contributed by atoms with E-state index in [1.807, 2.05) is 36.1 Å². The summed E-state index contributed by atoms with van der Waals surface area (Å²) in [5, 5.41) is 12.5. The number of halogens is 2. The van der Waals surface area contributed by atoms with Crippen LogP contribution in [-0.4, -0.2) is 76.0 Å². The van der Waals surface area contributed by atoms with E-state index in [1.165, 1.54) is 0 Å². The Balaban J connectivity index is 0.00000225. The molecule has 0 saturated carbocycles. The molecule has 1 atom stereocenters. The number of amides is 1. The van der Waals surface area contributed by atoms with Gasteiger partial charge in [0, 0.05) is 50.3 Å². The van der Waals surface area contributed by atoms with Crippen LogP contribution < -0.4 is 5.32 Å². The number of hydrogen-bond acceptors (Lipinski definition) is 5. The Labute approximate surface area is 176 Å². The van der Waals surface area contributed by atoms with Crippen molar-refractivity contribution in [2.24, 2.45) is 0 Å². The fourth-order valence-electron chi connectivity index (χ4n) is 4.02. The second-order valence-electron chi connectivity index (χ2n) is 7.11. The van der Waals surface area contributed by atoms with Gasteiger partial charge < -0.3 is 10.2 Å². The lowest BCUT2D eigenvalue weighted by Gasteiger charge is -2.32. The first-order valence-electron chi connectivity index (χ1n) is 9.62. The molecule has 7 nitrogen and oxygen atoms in total. The molecule has 0 bridgehead atoms. The van der Waals surface area contributed by atoms with Gasteiger partial charge in [-0.3, -0.25) is 9.69 Å². The summed E-state index contributed by atoms with van der Waals surface area (Å²) in [4.78, 5) is 17.5. The molecule has 0 radical (unpaired) electrons. The van der Waals surface area contributed by atoms with Crippen LogP contribution in [0.5, 0.6) is 0 Å². The SMILES string of the molecule is CCc1c(C(=O)N2CCC(N3CCNCC3)C2)nnn1-c1cccc(Cl)c1.Cl. The van der Waals surface area contributed by atoms with Crippen molar-refractivity contribution in [2.75, 3.05) is 39.3 Å². The monoisotopic (exact) mass is 424 g/mol. The van der Waals surface area contributed by atoms with Crippen LogP contribution in [0, 0.1) is 0 Å². The second-order valence-corrected chi connectivity index (χ2v) is 7.55. The van der Waals surface area contributed by atoms with E-state index < -0.39 is 0 Å². The van der Waals surface area contributed by atoms with Gasteiger partial charge in [0.15, 0.2) is 5.69 Å². The van der Waals surface area contributed by atoms with Crippen LogP contribution in [0.2, 0.25) is 5.02 Å². The quantitative estimate of drug-likeness (QED) is 0.812. The number of nitrogens with zero attached hydrogens (tertiary/aromatic N) is 5. The molecule has 2 fully saturated rings. The van der Waals surface area contributed by atoms with Gasteiger partial charge in [0.05, 0.1) is 11.4 Å². The number of piperazine rings is 1. The van der Waals surface area contributed by atoms with E-state index in [0.717, 1.165) is 57.1 Å². The largest absolute Gasteiger partial charge is 0.336 e. The Hall–Kier alpha value is -1.67. The number of likely N-dealkylation sites (tertiary alicyclic amines) is 1. The lowest BCUT2D eigenvalue weighted by molar-refractivity contribution is 0.0766. The van der Waals surface area contributed by atoms with Crippen molar-refractivity contribution < 1.29 is 4.79 Å². The van der Waals surface area contributed by atoms with Gasteiger partial charge in [-0.15, -0.1) is 17.5 Å². The van der Waals surface area contributed by atoms with Crippen molar-refractivity contribution in [3.8, 4) is 5.69 Å². The van der Waals surface area contributed by atoms with E-state index >= 15 is 0 Å². The molecule has 1 unspecified atom stereocenters.